The fourth-order valence-electron chi connectivity index (χ4n) is 3.46. The van der Waals surface area contributed by atoms with E-state index in [0.717, 1.165) is 0 Å². The van der Waals surface area contributed by atoms with Crippen LogP contribution >= 0.6 is 0 Å². The molecule has 2 aromatic carbocycles. The topological polar surface area (TPSA) is 12.0 Å². The summed E-state index contributed by atoms with van der Waals surface area (Å²) in [6.07, 6.45) is 3.65. The van der Waals surface area contributed by atoms with Crippen molar-refractivity contribution in [3.8, 4) is 0 Å². The van der Waals surface area contributed by atoms with Crippen molar-refractivity contribution < 1.29 is 0 Å². The van der Waals surface area contributed by atoms with E-state index in [1.165, 1.54) is 41.5 Å². The van der Waals surface area contributed by atoms with Crippen molar-refractivity contribution in [1.82, 2.24) is 5.32 Å². The highest BCUT2D eigenvalue weighted by molar-refractivity contribution is 5.33. The number of benzene rings is 2. The molecule has 1 aliphatic rings. The minimum absolute atomic E-state index is 0.487. The van der Waals surface area contributed by atoms with E-state index in [0.29, 0.717) is 12.0 Å². The molecule has 2 unspecified atom stereocenters. The zero-order valence-corrected chi connectivity index (χ0v) is 12.4. The average Bonchev–Trinajstić information content (AvgIpc) is 2.49. The van der Waals surface area contributed by atoms with Crippen LogP contribution in [-0.2, 0) is 12.8 Å². The molecule has 0 amide bonds. The number of nitrogens with one attached hydrogen (secondary N) is 1. The van der Waals surface area contributed by atoms with Crippen molar-refractivity contribution in [1.29, 1.82) is 0 Å². The van der Waals surface area contributed by atoms with Gasteiger partial charge in [-0.2, -0.15) is 0 Å². The summed E-state index contributed by atoms with van der Waals surface area (Å²) in [5.41, 5.74) is 5.82. The highest BCUT2D eigenvalue weighted by atomic mass is 14.9. The molecule has 104 valence electrons. The summed E-state index contributed by atoms with van der Waals surface area (Å²) in [5, 5.41) is 3.54. The molecule has 0 spiro atoms. The molecule has 0 aromatic heterocycles. The van der Waals surface area contributed by atoms with Crippen LogP contribution in [0.3, 0.4) is 0 Å². The Morgan fingerprint density at radius 3 is 2.55 bits per heavy atom. The summed E-state index contributed by atoms with van der Waals surface area (Å²) in [7, 11) is 2.09. The SMILES string of the molecule is CNC1c2ccccc2CCC1Cc1ccc(C)cc1. The summed E-state index contributed by atoms with van der Waals surface area (Å²) in [6.45, 7) is 2.15. The van der Waals surface area contributed by atoms with E-state index < -0.39 is 0 Å². The van der Waals surface area contributed by atoms with Gasteiger partial charge in [-0.3, -0.25) is 0 Å². The highest BCUT2D eigenvalue weighted by Gasteiger charge is 2.27. The number of hydrogen-bond donors (Lipinski definition) is 1. The molecule has 0 saturated carbocycles. The molecule has 2 aromatic rings. The first kappa shape index (κ1) is 13.4. The van der Waals surface area contributed by atoms with Gasteiger partial charge in [0.1, 0.15) is 0 Å². The summed E-state index contributed by atoms with van der Waals surface area (Å²) < 4.78 is 0. The second-order valence-electron chi connectivity index (χ2n) is 5.95. The zero-order valence-electron chi connectivity index (χ0n) is 12.4. The average molecular weight is 265 g/mol. The molecule has 1 nitrogen and oxygen atoms in total. The molecule has 1 heteroatoms. The van der Waals surface area contributed by atoms with Gasteiger partial charge in [-0.1, -0.05) is 54.1 Å². The molecule has 2 atom stereocenters. The van der Waals surface area contributed by atoms with Crippen LogP contribution in [0.1, 0.15) is 34.7 Å². The molecule has 0 heterocycles. The van der Waals surface area contributed by atoms with Crippen molar-refractivity contribution in [2.45, 2.75) is 32.2 Å². The second kappa shape index (κ2) is 5.80. The summed E-state index contributed by atoms with van der Waals surface area (Å²) in [4.78, 5) is 0. The lowest BCUT2D eigenvalue weighted by Crippen LogP contribution is -2.31. The van der Waals surface area contributed by atoms with Gasteiger partial charge in [-0.05, 0) is 55.8 Å². The first-order valence-electron chi connectivity index (χ1n) is 7.58. The number of hydrogen-bond acceptors (Lipinski definition) is 1. The Bertz CT molecular complexity index is 571. The Balaban J connectivity index is 1.82. The third-order valence-electron chi connectivity index (χ3n) is 4.58. The van der Waals surface area contributed by atoms with E-state index in [9.17, 15) is 0 Å². The van der Waals surface area contributed by atoms with Crippen LogP contribution in [0.2, 0.25) is 0 Å². The van der Waals surface area contributed by atoms with Gasteiger partial charge < -0.3 is 5.32 Å². The molecular formula is C19H23N. The molecule has 0 radical (unpaired) electrons. The van der Waals surface area contributed by atoms with E-state index in [4.69, 9.17) is 0 Å². The molecule has 0 aliphatic heterocycles. The smallest absolute Gasteiger partial charge is 0.0352 e. The first-order chi connectivity index (χ1) is 9.78. The zero-order chi connectivity index (χ0) is 13.9. The van der Waals surface area contributed by atoms with Crippen molar-refractivity contribution in [2.75, 3.05) is 7.05 Å². The van der Waals surface area contributed by atoms with Crippen molar-refractivity contribution in [2.24, 2.45) is 5.92 Å². The van der Waals surface area contributed by atoms with Gasteiger partial charge in [0.2, 0.25) is 0 Å². The van der Waals surface area contributed by atoms with Crippen molar-refractivity contribution >= 4 is 0 Å². The normalized spacial score (nSPS) is 21.5. The maximum atomic E-state index is 3.54. The predicted molar refractivity (Wildman–Crippen MR) is 84.9 cm³/mol. The molecule has 0 saturated heterocycles. The fourth-order valence-corrected chi connectivity index (χ4v) is 3.46. The van der Waals surface area contributed by atoms with Crippen LogP contribution in [0.15, 0.2) is 48.5 Å². The predicted octanol–water partition coefficient (Wildman–Crippen LogP) is 4.06. The van der Waals surface area contributed by atoms with Gasteiger partial charge >= 0.3 is 0 Å². The second-order valence-corrected chi connectivity index (χ2v) is 5.95. The summed E-state index contributed by atoms with van der Waals surface area (Å²) in [5.74, 6) is 0.692. The van der Waals surface area contributed by atoms with Gasteiger partial charge in [0.15, 0.2) is 0 Å². The van der Waals surface area contributed by atoms with Crippen LogP contribution in [0.5, 0.6) is 0 Å². The Morgan fingerprint density at radius 2 is 1.80 bits per heavy atom. The van der Waals surface area contributed by atoms with Gasteiger partial charge in [0, 0.05) is 6.04 Å². The standard InChI is InChI=1S/C19H23N/c1-14-7-9-15(10-8-14)13-17-12-11-16-5-3-4-6-18(16)19(17)20-2/h3-10,17,19-20H,11-13H2,1-2H3. The van der Waals surface area contributed by atoms with Gasteiger partial charge in [-0.25, -0.2) is 0 Å². The lowest BCUT2D eigenvalue weighted by Gasteiger charge is -2.33. The number of aryl methyl sites for hydroxylation is 2. The van der Waals surface area contributed by atoms with Gasteiger partial charge in [-0.15, -0.1) is 0 Å². The monoisotopic (exact) mass is 265 g/mol. The molecule has 1 aliphatic carbocycles. The Hall–Kier alpha value is -1.60. The molecule has 20 heavy (non-hydrogen) atoms. The van der Waals surface area contributed by atoms with Crippen LogP contribution in [0.4, 0.5) is 0 Å². The lowest BCUT2D eigenvalue weighted by atomic mass is 9.77. The van der Waals surface area contributed by atoms with Crippen LogP contribution < -0.4 is 5.32 Å². The molecule has 0 fully saturated rings. The highest BCUT2D eigenvalue weighted by Crippen LogP contribution is 2.36. The maximum absolute atomic E-state index is 3.54. The minimum atomic E-state index is 0.487. The van der Waals surface area contributed by atoms with Crippen LogP contribution in [0, 0.1) is 12.8 Å². The Morgan fingerprint density at radius 1 is 1.05 bits per heavy atom. The third-order valence-corrected chi connectivity index (χ3v) is 4.58. The van der Waals surface area contributed by atoms with Gasteiger partial charge in [0.25, 0.3) is 0 Å². The Kier molecular flexibility index (Phi) is 3.88. The van der Waals surface area contributed by atoms with Crippen LogP contribution in [-0.4, -0.2) is 7.05 Å². The molecule has 0 bridgehead atoms. The van der Waals surface area contributed by atoms with E-state index in [1.54, 1.807) is 0 Å². The summed E-state index contributed by atoms with van der Waals surface area (Å²) in [6, 6.07) is 18.4. The number of fused-ring (bicyclic) bond motifs is 1. The first-order valence-corrected chi connectivity index (χ1v) is 7.58. The van der Waals surface area contributed by atoms with E-state index in [1.807, 2.05) is 0 Å². The van der Waals surface area contributed by atoms with Crippen LogP contribution in [0.25, 0.3) is 0 Å². The van der Waals surface area contributed by atoms with Crippen molar-refractivity contribution in [3.05, 3.63) is 70.8 Å². The van der Waals surface area contributed by atoms with E-state index >= 15 is 0 Å². The van der Waals surface area contributed by atoms with E-state index in [-0.39, 0.29) is 0 Å². The maximum Gasteiger partial charge on any atom is 0.0352 e. The number of rotatable bonds is 3. The minimum Gasteiger partial charge on any atom is -0.313 e. The Labute approximate surface area is 122 Å². The molecule has 3 rings (SSSR count). The van der Waals surface area contributed by atoms with Gasteiger partial charge in [0.05, 0.1) is 0 Å². The summed E-state index contributed by atoms with van der Waals surface area (Å²) >= 11 is 0. The van der Waals surface area contributed by atoms with Crippen molar-refractivity contribution in [3.63, 3.8) is 0 Å². The third kappa shape index (κ3) is 2.64. The fraction of sp³-hybridized carbons (Fsp3) is 0.368. The molecule has 1 N–H and O–H groups in total. The quantitative estimate of drug-likeness (QED) is 0.882. The lowest BCUT2D eigenvalue weighted by molar-refractivity contribution is 0.335. The van der Waals surface area contributed by atoms with E-state index in [2.05, 4.69) is 67.8 Å². The molecular weight excluding hydrogens is 242 g/mol. The largest absolute Gasteiger partial charge is 0.313 e.